The molecule has 0 fully saturated rings. The maximum atomic E-state index is 11.5. The number of hydrogen-bond donors (Lipinski definition) is 2. The van der Waals surface area contributed by atoms with E-state index in [1.165, 1.54) is 0 Å². The van der Waals surface area contributed by atoms with Gasteiger partial charge in [0.25, 0.3) is 0 Å². The van der Waals surface area contributed by atoms with E-state index in [9.17, 15) is 4.79 Å². The molecule has 0 aliphatic heterocycles. The lowest BCUT2D eigenvalue weighted by Crippen LogP contribution is -2.26. The third kappa shape index (κ3) is 7.29. The molecule has 0 heterocycles. The third-order valence-corrected chi connectivity index (χ3v) is 3.50. The lowest BCUT2D eigenvalue weighted by atomic mass is 10.2. The summed E-state index contributed by atoms with van der Waals surface area (Å²) in [6.45, 7) is 0.691. The highest BCUT2D eigenvalue weighted by atomic mass is 32.2. The van der Waals surface area contributed by atoms with Crippen LogP contribution in [0.3, 0.4) is 0 Å². The van der Waals surface area contributed by atoms with E-state index in [0.29, 0.717) is 17.3 Å². The molecule has 0 atom stereocenters. The number of nitrogens with one attached hydrogen (secondary N) is 1. The number of thioether (sulfide) groups is 1. The van der Waals surface area contributed by atoms with E-state index in [0.717, 1.165) is 24.2 Å². The summed E-state index contributed by atoms with van der Waals surface area (Å²) >= 11 is 6.32. The van der Waals surface area contributed by atoms with Crippen molar-refractivity contribution in [2.45, 2.75) is 24.2 Å². The zero-order valence-electron chi connectivity index (χ0n) is 10.2. The molecule has 0 saturated carbocycles. The van der Waals surface area contributed by atoms with E-state index < -0.39 is 0 Å². The number of benzene rings is 1. The van der Waals surface area contributed by atoms with E-state index >= 15 is 0 Å². The molecule has 1 rings (SSSR count). The molecular weight excluding hydrogens is 264 g/mol. The van der Waals surface area contributed by atoms with Crippen LogP contribution in [0.25, 0.3) is 0 Å². The van der Waals surface area contributed by atoms with Crippen LogP contribution in [0.5, 0.6) is 0 Å². The largest absolute Gasteiger partial charge is 0.393 e. The average molecular weight is 282 g/mol. The van der Waals surface area contributed by atoms with Crippen molar-refractivity contribution in [2.24, 2.45) is 5.73 Å². The van der Waals surface area contributed by atoms with Crippen molar-refractivity contribution in [1.82, 2.24) is 5.32 Å². The number of amides is 1. The molecule has 0 unspecified atom stereocenters. The maximum Gasteiger partial charge on any atom is 0.230 e. The Morgan fingerprint density at radius 1 is 1.28 bits per heavy atom. The number of hydrogen-bond acceptors (Lipinski definition) is 3. The molecule has 1 amide bonds. The molecule has 0 aromatic heterocycles. The van der Waals surface area contributed by atoms with Crippen molar-refractivity contribution in [3.05, 3.63) is 30.3 Å². The summed E-state index contributed by atoms with van der Waals surface area (Å²) in [7, 11) is 0. The fourth-order valence-corrected chi connectivity index (χ4v) is 2.26. The van der Waals surface area contributed by atoms with Crippen LogP contribution in [0.2, 0.25) is 0 Å². The Morgan fingerprint density at radius 2 is 2.00 bits per heavy atom. The second-order valence-electron chi connectivity index (χ2n) is 3.88. The van der Waals surface area contributed by atoms with Gasteiger partial charge < -0.3 is 11.1 Å². The van der Waals surface area contributed by atoms with Crippen LogP contribution in [-0.2, 0) is 4.79 Å². The lowest BCUT2D eigenvalue weighted by molar-refractivity contribution is -0.118. The first kappa shape index (κ1) is 15.0. The molecule has 1 aromatic rings. The van der Waals surface area contributed by atoms with Gasteiger partial charge in [0.1, 0.15) is 0 Å². The van der Waals surface area contributed by atoms with Crippen molar-refractivity contribution in [2.75, 3.05) is 12.3 Å². The van der Waals surface area contributed by atoms with E-state index in [2.05, 4.69) is 5.32 Å². The molecule has 0 aliphatic rings. The van der Waals surface area contributed by atoms with E-state index in [1.807, 2.05) is 30.3 Å². The highest BCUT2D eigenvalue weighted by Gasteiger charge is 2.01. The highest BCUT2D eigenvalue weighted by Crippen LogP contribution is 2.16. The Bertz CT molecular complexity index is 382. The lowest BCUT2D eigenvalue weighted by Gasteiger charge is -2.05. The minimum Gasteiger partial charge on any atom is -0.393 e. The first-order valence-corrected chi connectivity index (χ1v) is 7.30. The summed E-state index contributed by atoms with van der Waals surface area (Å²) < 4.78 is 0. The van der Waals surface area contributed by atoms with Gasteiger partial charge in [-0.25, -0.2) is 0 Å². The van der Waals surface area contributed by atoms with Gasteiger partial charge in [-0.3, -0.25) is 4.79 Å². The second kappa shape index (κ2) is 8.94. The van der Waals surface area contributed by atoms with Crippen LogP contribution in [0.15, 0.2) is 35.2 Å². The standard InChI is InChI=1S/C13H18N2OS2/c14-12(17)8-4-5-9-15-13(16)10-18-11-6-2-1-3-7-11/h1-3,6-7H,4-5,8-10H2,(H2,14,17)(H,15,16). The smallest absolute Gasteiger partial charge is 0.230 e. The van der Waals surface area contributed by atoms with E-state index in [-0.39, 0.29) is 5.91 Å². The van der Waals surface area contributed by atoms with Crippen LogP contribution in [0, 0.1) is 0 Å². The summed E-state index contributed by atoms with van der Waals surface area (Å²) in [6.07, 6.45) is 2.60. The van der Waals surface area contributed by atoms with Gasteiger partial charge in [0.2, 0.25) is 5.91 Å². The fraction of sp³-hybridized carbons (Fsp3) is 0.385. The summed E-state index contributed by atoms with van der Waals surface area (Å²) in [5.74, 6) is 0.526. The van der Waals surface area contributed by atoms with Crippen LogP contribution in [0.4, 0.5) is 0 Å². The van der Waals surface area contributed by atoms with Gasteiger partial charge in [-0.1, -0.05) is 30.4 Å². The van der Waals surface area contributed by atoms with Gasteiger partial charge in [-0.2, -0.15) is 0 Å². The van der Waals surface area contributed by atoms with Crippen molar-refractivity contribution in [1.29, 1.82) is 0 Å². The molecular formula is C13H18N2OS2. The van der Waals surface area contributed by atoms with Crippen molar-refractivity contribution >= 4 is 34.9 Å². The number of thiocarbonyl (C=S) groups is 1. The van der Waals surface area contributed by atoms with Gasteiger partial charge in [-0.05, 0) is 31.4 Å². The maximum absolute atomic E-state index is 11.5. The normalized spacial score (nSPS) is 10.0. The predicted octanol–water partition coefficient (Wildman–Crippen LogP) is 2.35. The van der Waals surface area contributed by atoms with Crippen LogP contribution in [-0.4, -0.2) is 23.2 Å². The third-order valence-electron chi connectivity index (χ3n) is 2.29. The summed E-state index contributed by atoms with van der Waals surface area (Å²) in [6, 6.07) is 9.90. The number of unbranched alkanes of at least 4 members (excludes halogenated alkanes) is 1. The number of carbonyl (C=O) groups excluding carboxylic acids is 1. The number of carbonyl (C=O) groups is 1. The molecule has 3 nitrogen and oxygen atoms in total. The molecule has 5 heteroatoms. The molecule has 3 N–H and O–H groups in total. The molecule has 0 radical (unpaired) electrons. The van der Waals surface area contributed by atoms with E-state index in [1.54, 1.807) is 11.8 Å². The molecule has 98 valence electrons. The van der Waals surface area contributed by atoms with E-state index in [4.69, 9.17) is 18.0 Å². The zero-order valence-corrected chi connectivity index (χ0v) is 11.9. The Hall–Kier alpha value is -1.07. The Balaban J connectivity index is 2.06. The van der Waals surface area contributed by atoms with Gasteiger partial charge in [0.05, 0.1) is 10.7 Å². The molecule has 0 saturated heterocycles. The Morgan fingerprint density at radius 3 is 2.67 bits per heavy atom. The molecule has 0 aliphatic carbocycles. The minimum atomic E-state index is 0.0687. The van der Waals surface area contributed by atoms with Crippen LogP contribution in [0.1, 0.15) is 19.3 Å². The van der Waals surface area contributed by atoms with Gasteiger partial charge in [-0.15, -0.1) is 11.8 Å². The summed E-state index contributed by atoms with van der Waals surface area (Å²) in [5.41, 5.74) is 5.39. The van der Waals surface area contributed by atoms with Gasteiger partial charge >= 0.3 is 0 Å². The molecule has 0 spiro atoms. The Kier molecular flexibility index (Phi) is 7.44. The first-order chi connectivity index (χ1) is 8.68. The Labute approximate surface area is 118 Å². The summed E-state index contributed by atoms with van der Waals surface area (Å²) in [5, 5.41) is 2.88. The quantitative estimate of drug-likeness (QED) is 0.436. The van der Waals surface area contributed by atoms with Crippen molar-refractivity contribution in [3.63, 3.8) is 0 Å². The average Bonchev–Trinajstić information content (AvgIpc) is 2.37. The highest BCUT2D eigenvalue weighted by molar-refractivity contribution is 8.00. The van der Waals surface area contributed by atoms with Gasteiger partial charge in [0, 0.05) is 11.4 Å². The molecule has 0 bridgehead atoms. The topological polar surface area (TPSA) is 55.1 Å². The SMILES string of the molecule is NC(=S)CCCCNC(=O)CSc1ccccc1. The molecule has 18 heavy (non-hydrogen) atoms. The van der Waals surface area contributed by atoms with Crippen LogP contribution < -0.4 is 11.1 Å². The number of rotatable bonds is 8. The first-order valence-electron chi connectivity index (χ1n) is 5.91. The second-order valence-corrected chi connectivity index (χ2v) is 5.45. The number of nitrogens with two attached hydrogens (primary N) is 1. The monoisotopic (exact) mass is 282 g/mol. The fourth-order valence-electron chi connectivity index (χ4n) is 1.37. The summed E-state index contributed by atoms with van der Waals surface area (Å²) in [4.78, 5) is 13.2. The van der Waals surface area contributed by atoms with Crippen molar-refractivity contribution in [3.8, 4) is 0 Å². The van der Waals surface area contributed by atoms with Crippen LogP contribution >= 0.6 is 24.0 Å². The van der Waals surface area contributed by atoms with Gasteiger partial charge in [0.15, 0.2) is 0 Å². The predicted molar refractivity (Wildman–Crippen MR) is 80.8 cm³/mol. The molecule has 1 aromatic carbocycles. The van der Waals surface area contributed by atoms with Crippen molar-refractivity contribution < 1.29 is 4.79 Å². The minimum absolute atomic E-state index is 0.0687. The zero-order chi connectivity index (χ0) is 13.2.